The predicted molar refractivity (Wildman–Crippen MR) is 90.3 cm³/mol. The van der Waals surface area contributed by atoms with Crippen LogP contribution in [0.15, 0.2) is 34.8 Å². The highest BCUT2D eigenvalue weighted by Crippen LogP contribution is 2.37. The minimum atomic E-state index is 0.249. The van der Waals surface area contributed by atoms with Crippen LogP contribution in [0.4, 0.5) is 0 Å². The van der Waals surface area contributed by atoms with Gasteiger partial charge in [0.2, 0.25) is 0 Å². The van der Waals surface area contributed by atoms with Crippen molar-refractivity contribution in [2.45, 2.75) is 32.5 Å². The number of rotatable bonds is 2. The maximum absolute atomic E-state index is 3.87. The van der Waals surface area contributed by atoms with E-state index < -0.39 is 0 Å². The van der Waals surface area contributed by atoms with E-state index in [4.69, 9.17) is 0 Å². The van der Waals surface area contributed by atoms with Crippen LogP contribution in [0.3, 0.4) is 0 Å². The van der Waals surface area contributed by atoms with Gasteiger partial charge in [-0.25, -0.2) is 0 Å². The smallest absolute Gasteiger partial charge is 0.0649 e. The number of aryl methyl sites for hydroxylation is 2. The van der Waals surface area contributed by atoms with Gasteiger partial charge in [0.15, 0.2) is 0 Å². The SMILES string of the molecule is Cc1cc(C)c(C)c(C(Br)c2ccc(Br)cc2)c1C. The molecule has 2 rings (SSSR count). The van der Waals surface area contributed by atoms with Crippen molar-refractivity contribution in [2.75, 3.05) is 0 Å². The molecule has 1 atom stereocenters. The van der Waals surface area contributed by atoms with Crippen LogP contribution in [0.1, 0.15) is 38.2 Å². The van der Waals surface area contributed by atoms with Gasteiger partial charge in [-0.15, -0.1) is 0 Å². The molecule has 0 heterocycles. The summed E-state index contributed by atoms with van der Waals surface area (Å²) in [6, 6.07) is 10.8. The minimum absolute atomic E-state index is 0.249. The van der Waals surface area contributed by atoms with Gasteiger partial charge in [0, 0.05) is 4.47 Å². The quantitative estimate of drug-likeness (QED) is 0.546. The van der Waals surface area contributed by atoms with Gasteiger partial charge >= 0.3 is 0 Å². The Morgan fingerprint density at radius 1 is 0.842 bits per heavy atom. The normalized spacial score (nSPS) is 12.5. The van der Waals surface area contributed by atoms with Gasteiger partial charge in [-0.1, -0.05) is 50.1 Å². The van der Waals surface area contributed by atoms with Crippen molar-refractivity contribution >= 4 is 31.9 Å². The summed E-state index contributed by atoms with van der Waals surface area (Å²) in [4.78, 5) is 0.249. The average molecular weight is 382 g/mol. The molecule has 100 valence electrons. The van der Waals surface area contributed by atoms with Crippen molar-refractivity contribution in [1.29, 1.82) is 0 Å². The number of benzene rings is 2. The van der Waals surface area contributed by atoms with Crippen molar-refractivity contribution < 1.29 is 0 Å². The molecule has 0 amide bonds. The third kappa shape index (κ3) is 2.95. The van der Waals surface area contributed by atoms with Gasteiger partial charge in [0.25, 0.3) is 0 Å². The van der Waals surface area contributed by atoms with E-state index in [0.717, 1.165) is 4.47 Å². The Hall–Kier alpha value is -0.600. The van der Waals surface area contributed by atoms with Gasteiger partial charge in [-0.3, -0.25) is 0 Å². The van der Waals surface area contributed by atoms with Crippen molar-refractivity contribution in [3.8, 4) is 0 Å². The molecule has 0 saturated heterocycles. The minimum Gasteiger partial charge on any atom is -0.0786 e. The molecule has 1 unspecified atom stereocenters. The monoisotopic (exact) mass is 380 g/mol. The Bertz CT molecular complexity index is 571. The van der Waals surface area contributed by atoms with Crippen molar-refractivity contribution in [2.24, 2.45) is 0 Å². The van der Waals surface area contributed by atoms with Crippen molar-refractivity contribution in [1.82, 2.24) is 0 Å². The highest BCUT2D eigenvalue weighted by Gasteiger charge is 2.17. The molecule has 0 bridgehead atoms. The first-order valence-electron chi connectivity index (χ1n) is 6.38. The van der Waals surface area contributed by atoms with E-state index in [1.807, 2.05) is 0 Å². The maximum atomic E-state index is 3.87. The largest absolute Gasteiger partial charge is 0.0786 e. The molecule has 0 aliphatic rings. The first-order chi connectivity index (χ1) is 8.91. The number of hydrogen-bond acceptors (Lipinski definition) is 0. The molecule has 0 aliphatic heterocycles. The summed E-state index contributed by atoms with van der Waals surface area (Å²) in [6.07, 6.45) is 0. The molecule has 0 nitrogen and oxygen atoms in total. The molecule has 0 spiro atoms. The van der Waals surface area contributed by atoms with Crippen LogP contribution >= 0.6 is 31.9 Å². The molecule has 19 heavy (non-hydrogen) atoms. The maximum Gasteiger partial charge on any atom is 0.0649 e. The zero-order valence-electron chi connectivity index (χ0n) is 11.7. The fourth-order valence-corrected chi connectivity index (χ4v) is 3.68. The van der Waals surface area contributed by atoms with E-state index in [2.05, 4.69) is 89.9 Å². The van der Waals surface area contributed by atoms with E-state index >= 15 is 0 Å². The van der Waals surface area contributed by atoms with Crippen LogP contribution in [0.2, 0.25) is 0 Å². The van der Waals surface area contributed by atoms with Crippen LogP contribution in [-0.4, -0.2) is 0 Å². The molecule has 2 aromatic rings. The first-order valence-corrected chi connectivity index (χ1v) is 8.09. The van der Waals surface area contributed by atoms with Crippen LogP contribution in [-0.2, 0) is 0 Å². The van der Waals surface area contributed by atoms with E-state index in [1.54, 1.807) is 0 Å². The molecular formula is C17H18Br2. The lowest BCUT2D eigenvalue weighted by Crippen LogP contribution is -2.03. The van der Waals surface area contributed by atoms with Crippen LogP contribution in [0, 0.1) is 27.7 Å². The number of alkyl halides is 1. The second kappa shape index (κ2) is 5.80. The lowest BCUT2D eigenvalue weighted by Gasteiger charge is -2.20. The highest BCUT2D eigenvalue weighted by molar-refractivity contribution is 9.10. The first kappa shape index (κ1) is 14.8. The molecule has 0 radical (unpaired) electrons. The van der Waals surface area contributed by atoms with Gasteiger partial charge in [-0.05, 0) is 73.2 Å². The fraction of sp³-hybridized carbons (Fsp3) is 0.294. The summed E-state index contributed by atoms with van der Waals surface area (Å²) in [6.45, 7) is 8.80. The van der Waals surface area contributed by atoms with Gasteiger partial charge in [-0.2, -0.15) is 0 Å². The second-order valence-electron chi connectivity index (χ2n) is 5.09. The van der Waals surface area contributed by atoms with Crippen LogP contribution in [0.5, 0.6) is 0 Å². The Labute approximate surface area is 132 Å². The van der Waals surface area contributed by atoms with E-state index in [-0.39, 0.29) is 4.83 Å². The molecule has 0 fully saturated rings. The Balaban J connectivity index is 2.55. The third-order valence-corrected chi connectivity index (χ3v) is 5.36. The van der Waals surface area contributed by atoms with Gasteiger partial charge in [0.05, 0.1) is 4.83 Å². The predicted octanol–water partition coefficient (Wildman–Crippen LogP) is 6.17. The highest BCUT2D eigenvalue weighted by atomic mass is 79.9. The fourth-order valence-electron chi connectivity index (χ4n) is 2.43. The molecule has 0 aliphatic carbocycles. The topological polar surface area (TPSA) is 0 Å². The standard InChI is InChI=1S/C17H18Br2/c1-10-9-11(2)13(4)16(12(10)3)17(19)14-5-7-15(18)8-6-14/h5-9,17H,1-4H3. The summed E-state index contributed by atoms with van der Waals surface area (Å²) >= 11 is 7.36. The van der Waals surface area contributed by atoms with Gasteiger partial charge in [0.1, 0.15) is 0 Å². The van der Waals surface area contributed by atoms with Crippen molar-refractivity contribution in [3.63, 3.8) is 0 Å². The second-order valence-corrected chi connectivity index (χ2v) is 6.92. The molecule has 0 N–H and O–H groups in total. The summed E-state index contributed by atoms with van der Waals surface area (Å²) < 4.78 is 1.12. The molecular weight excluding hydrogens is 364 g/mol. The zero-order valence-corrected chi connectivity index (χ0v) is 14.9. The average Bonchev–Trinajstić information content (AvgIpc) is 2.37. The summed E-state index contributed by atoms with van der Waals surface area (Å²) in [7, 11) is 0. The third-order valence-electron chi connectivity index (χ3n) is 3.84. The van der Waals surface area contributed by atoms with E-state index in [9.17, 15) is 0 Å². The summed E-state index contributed by atoms with van der Waals surface area (Å²) in [5, 5.41) is 0. The summed E-state index contributed by atoms with van der Waals surface area (Å²) in [5.74, 6) is 0. The summed E-state index contributed by atoms with van der Waals surface area (Å²) in [5.41, 5.74) is 8.18. The Morgan fingerprint density at radius 3 is 1.79 bits per heavy atom. The van der Waals surface area contributed by atoms with Crippen LogP contribution in [0.25, 0.3) is 0 Å². The number of halogens is 2. The zero-order chi connectivity index (χ0) is 14.2. The lowest BCUT2D eigenvalue weighted by molar-refractivity contribution is 1.07. The Kier molecular flexibility index (Phi) is 4.52. The molecule has 2 aromatic carbocycles. The Morgan fingerprint density at radius 2 is 1.32 bits per heavy atom. The lowest BCUT2D eigenvalue weighted by atomic mass is 9.90. The van der Waals surface area contributed by atoms with E-state index in [0.29, 0.717) is 0 Å². The van der Waals surface area contributed by atoms with Gasteiger partial charge < -0.3 is 0 Å². The number of hydrogen-bond donors (Lipinski definition) is 0. The van der Waals surface area contributed by atoms with E-state index in [1.165, 1.54) is 33.4 Å². The van der Waals surface area contributed by atoms with Crippen LogP contribution < -0.4 is 0 Å². The van der Waals surface area contributed by atoms with Crippen molar-refractivity contribution in [3.05, 3.63) is 68.2 Å². The molecule has 0 saturated carbocycles. The molecule has 2 heteroatoms. The molecule has 0 aromatic heterocycles.